The SMILES string of the molecule is Cc1ccc2nc(N3CCN(CC4CCCCC4)C(CO)C3)c(-c3nc(C)no3)cc2c1. The van der Waals surface area contributed by atoms with Crippen molar-refractivity contribution in [3.8, 4) is 11.5 Å². The molecule has 1 unspecified atom stereocenters. The van der Waals surface area contributed by atoms with Gasteiger partial charge in [-0.2, -0.15) is 4.98 Å². The van der Waals surface area contributed by atoms with Crippen LogP contribution in [-0.4, -0.2) is 64.0 Å². The van der Waals surface area contributed by atoms with Crippen molar-refractivity contribution in [2.75, 3.05) is 37.7 Å². The summed E-state index contributed by atoms with van der Waals surface area (Å²) in [5.41, 5.74) is 3.01. The zero-order chi connectivity index (χ0) is 22.1. The number of fused-ring (bicyclic) bond motifs is 1. The predicted octanol–water partition coefficient (Wildman–Crippen LogP) is 3.96. The smallest absolute Gasteiger partial charge is 0.261 e. The van der Waals surface area contributed by atoms with E-state index in [2.05, 4.69) is 51.1 Å². The van der Waals surface area contributed by atoms with E-state index in [-0.39, 0.29) is 12.6 Å². The summed E-state index contributed by atoms with van der Waals surface area (Å²) in [4.78, 5) is 14.3. The molecule has 2 fully saturated rings. The molecule has 7 heteroatoms. The Balaban J connectivity index is 1.45. The Labute approximate surface area is 189 Å². The van der Waals surface area contributed by atoms with Crippen molar-refractivity contribution >= 4 is 16.7 Å². The lowest BCUT2D eigenvalue weighted by atomic mass is 9.88. The summed E-state index contributed by atoms with van der Waals surface area (Å²) in [6.45, 7) is 7.71. The van der Waals surface area contributed by atoms with Crippen molar-refractivity contribution in [2.24, 2.45) is 5.92 Å². The fourth-order valence-corrected chi connectivity index (χ4v) is 5.29. The van der Waals surface area contributed by atoms with E-state index in [4.69, 9.17) is 9.51 Å². The summed E-state index contributed by atoms with van der Waals surface area (Å²) in [6.07, 6.45) is 6.72. The molecule has 5 rings (SSSR count). The molecule has 2 aliphatic rings. The summed E-state index contributed by atoms with van der Waals surface area (Å²) in [7, 11) is 0. The summed E-state index contributed by atoms with van der Waals surface area (Å²) in [5.74, 6) is 2.74. The number of piperazine rings is 1. The van der Waals surface area contributed by atoms with Crippen molar-refractivity contribution in [3.05, 3.63) is 35.7 Å². The van der Waals surface area contributed by atoms with E-state index >= 15 is 0 Å². The molecule has 0 amide bonds. The molecule has 1 N–H and O–H groups in total. The lowest BCUT2D eigenvalue weighted by molar-refractivity contribution is 0.0880. The quantitative estimate of drug-likeness (QED) is 0.650. The lowest BCUT2D eigenvalue weighted by Gasteiger charge is -2.43. The van der Waals surface area contributed by atoms with Crippen molar-refractivity contribution < 1.29 is 9.63 Å². The van der Waals surface area contributed by atoms with Gasteiger partial charge in [-0.3, -0.25) is 4.90 Å². The largest absolute Gasteiger partial charge is 0.395 e. The second-order valence-corrected chi connectivity index (χ2v) is 9.48. The third-order valence-corrected chi connectivity index (χ3v) is 7.04. The number of nitrogens with zero attached hydrogens (tertiary/aromatic N) is 5. The lowest BCUT2D eigenvalue weighted by Crippen LogP contribution is -2.56. The van der Waals surface area contributed by atoms with Gasteiger partial charge in [-0.25, -0.2) is 4.98 Å². The van der Waals surface area contributed by atoms with Gasteiger partial charge in [-0.15, -0.1) is 0 Å². The van der Waals surface area contributed by atoms with E-state index in [0.29, 0.717) is 11.7 Å². The summed E-state index contributed by atoms with van der Waals surface area (Å²) >= 11 is 0. The average Bonchev–Trinajstić information content (AvgIpc) is 3.25. The van der Waals surface area contributed by atoms with Crippen LogP contribution in [0.1, 0.15) is 43.5 Å². The van der Waals surface area contributed by atoms with E-state index in [9.17, 15) is 5.11 Å². The van der Waals surface area contributed by atoms with Gasteiger partial charge in [0.2, 0.25) is 0 Å². The molecule has 0 bridgehead atoms. The number of aliphatic hydroxyl groups is 1. The van der Waals surface area contributed by atoms with Crippen LogP contribution in [0.15, 0.2) is 28.8 Å². The van der Waals surface area contributed by atoms with Crippen LogP contribution in [0.4, 0.5) is 5.82 Å². The number of hydrogen-bond donors (Lipinski definition) is 1. The first kappa shape index (κ1) is 21.3. The summed E-state index contributed by atoms with van der Waals surface area (Å²) < 4.78 is 5.55. The third-order valence-electron chi connectivity index (χ3n) is 7.04. The number of rotatable bonds is 5. The van der Waals surface area contributed by atoms with Gasteiger partial charge in [0.25, 0.3) is 5.89 Å². The topological polar surface area (TPSA) is 78.5 Å². The molecule has 1 aliphatic carbocycles. The number of hydrogen-bond acceptors (Lipinski definition) is 7. The maximum Gasteiger partial charge on any atom is 0.261 e. The van der Waals surface area contributed by atoms with Gasteiger partial charge in [0.05, 0.1) is 23.7 Å². The van der Waals surface area contributed by atoms with Crippen LogP contribution in [0.25, 0.3) is 22.4 Å². The number of benzene rings is 1. The van der Waals surface area contributed by atoms with Crippen molar-refractivity contribution in [1.29, 1.82) is 0 Å². The predicted molar refractivity (Wildman–Crippen MR) is 126 cm³/mol. The molecule has 0 spiro atoms. The van der Waals surface area contributed by atoms with Gasteiger partial charge in [-0.05, 0) is 50.8 Å². The molecule has 3 heterocycles. The zero-order valence-electron chi connectivity index (χ0n) is 19.1. The van der Waals surface area contributed by atoms with E-state index in [0.717, 1.165) is 54.4 Å². The van der Waals surface area contributed by atoms with Crippen LogP contribution in [0.5, 0.6) is 0 Å². The van der Waals surface area contributed by atoms with Crippen LogP contribution in [-0.2, 0) is 0 Å². The minimum atomic E-state index is 0.110. The molecule has 1 aliphatic heterocycles. The second-order valence-electron chi connectivity index (χ2n) is 9.48. The Bertz CT molecular complexity index is 1080. The minimum Gasteiger partial charge on any atom is -0.395 e. The van der Waals surface area contributed by atoms with Gasteiger partial charge in [0.1, 0.15) is 5.82 Å². The number of aromatic nitrogens is 3. The number of anilines is 1. The molecule has 2 aromatic heterocycles. The zero-order valence-corrected chi connectivity index (χ0v) is 19.1. The molecule has 7 nitrogen and oxygen atoms in total. The second kappa shape index (κ2) is 9.16. The molecular weight excluding hydrogens is 402 g/mol. The highest BCUT2D eigenvalue weighted by Gasteiger charge is 2.31. The van der Waals surface area contributed by atoms with Crippen LogP contribution in [0.2, 0.25) is 0 Å². The van der Waals surface area contributed by atoms with Crippen LogP contribution < -0.4 is 4.90 Å². The Hall–Kier alpha value is -2.51. The van der Waals surface area contributed by atoms with Crippen LogP contribution in [0, 0.1) is 19.8 Å². The maximum atomic E-state index is 10.2. The first-order valence-electron chi connectivity index (χ1n) is 11.9. The molecule has 32 heavy (non-hydrogen) atoms. The van der Waals surface area contributed by atoms with E-state index < -0.39 is 0 Å². The molecule has 3 aromatic rings. The number of pyridine rings is 1. The average molecular weight is 436 g/mol. The van der Waals surface area contributed by atoms with Gasteiger partial charge in [0, 0.05) is 31.6 Å². The fourth-order valence-electron chi connectivity index (χ4n) is 5.29. The van der Waals surface area contributed by atoms with Crippen LogP contribution >= 0.6 is 0 Å². The molecule has 1 saturated heterocycles. The van der Waals surface area contributed by atoms with Crippen molar-refractivity contribution in [2.45, 2.75) is 52.0 Å². The summed E-state index contributed by atoms with van der Waals surface area (Å²) in [6, 6.07) is 8.52. The molecule has 0 radical (unpaired) electrons. The Morgan fingerprint density at radius 3 is 2.66 bits per heavy atom. The fraction of sp³-hybridized carbons (Fsp3) is 0.560. The van der Waals surface area contributed by atoms with Gasteiger partial charge in [0.15, 0.2) is 5.82 Å². The van der Waals surface area contributed by atoms with E-state index in [1.165, 1.54) is 37.7 Å². The first-order valence-corrected chi connectivity index (χ1v) is 11.9. The highest BCUT2D eigenvalue weighted by atomic mass is 16.5. The standard InChI is InChI=1S/C25H33N5O2/c1-17-8-9-23-20(12-17)13-22(25-26-18(2)28-32-25)24(27-23)30-11-10-29(21(15-30)16-31)14-19-6-4-3-5-7-19/h8-9,12-13,19,21,31H,3-7,10-11,14-16H2,1-2H3. The first-order chi connectivity index (χ1) is 15.6. The van der Waals surface area contributed by atoms with E-state index in [1.54, 1.807) is 0 Å². The molecule has 1 atom stereocenters. The highest BCUT2D eigenvalue weighted by molar-refractivity contribution is 5.88. The van der Waals surface area contributed by atoms with Crippen molar-refractivity contribution in [1.82, 2.24) is 20.0 Å². The van der Waals surface area contributed by atoms with Crippen molar-refractivity contribution in [3.63, 3.8) is 0 Å². The monoisotopic (exact) mass is 435 g/mol. The molecule has 170 valence electrons. The summed E-state index contributed by atoms with van der Waals surface area (Å²) in [5, 5.41) is 15.3. The minimum absolute atomic E-state index is 0.110. The van der Waals surface area contributed by atoms with Crippen LogP contribution in [0.3, 0.4) is 0 Å². The third kappa shape index (κ3) is 4.36. The number of aliphatic hydroxyl groups excluding tert-OH is 1. The Morgan fingerprint density at radius 1 is 1.06 bits per heavy atom. The highest BCUT2D eigenvalue weighted by Crippen LogP contribution is 2.34. The van der Waals surface area contributed by atoms with Gasteiger partial charge >= 0.3 is 0 Å². The molecular formula is C25H33N5O2. The Kier molecular flexibility index (Phi) is 6.11. The number of aryl methyl sites for hydroxylation is 2. The maximum absolute atomic E-state index is 10.2. The van der Waals surface area contributed by atoms with Gasteiger partial charge < -0.3 is 14.5 Å². The normalized spacial score (nSPS) is 20.8. The molecule has 1 aromatic carbocycles. The van der Waals surface area contributed by atoms with E-state index in [1.807, 2.05) is 6.92 Å². The molecule has 1 saturated carbocycles. The van der Waals surface area contributed by atoms with Gasteiger partial charge in [-0.1, -0.05) is 36.0 Å². The Morgan fingerprint density at radius 2 is 1.91 bits per heavy atom.